The van der Waals surface area contributed by atoms with Gasteiger partial charge in [0.15, 0.2) is 0 Å². The highest BCUT2D eigenvalue weighted by atomic mass is 16.5. The molecule has 0 saturated carbocycles. The first-order valence-corrected chi connectivity index (χ1v) is 9.03. The fraction of sp³-hybridized carbons (Fsp3) is 0.273. The van der Waals surface area contributed by atoms with Crippen LogP contribution >= 0.6 is 0 Å². The molecule has 0 bridgehead atoms. The average molecular weight is 363 g/mol. The summed E-state index contributed by atoms with van der Waals surface area (Å²) in [5.41, 5.74) is 2.95. The standard InChI is InChI=1S/C22H25N3O2/c1-16-7-4-9-18(15-16)21(25(2)3)22(26)24-13-14-27-19-11-5-8-17-10-6-12-23-20(17)19/h4-12,15,21H,13-14H2,1-3H3,(H,24,26). The molecule has 0 aliphatic rings. The van der Waals surface area contributed by atoms with Crippen molar-refractivity contribution in [2.75, 3.05) is 27.2 Å². The number of likely N-dealkylation sites (N-methyl/N-ethyl adjacent to an activating group) is 1. The monoisotopic (exact) mass is 363 g/mol. The van der Waals surface area contributed by atoms with Crippen molar-refractivity contribution < 1.29 is 9.53 Å². The molecule has 1 atom stereocenters. The molecule has 0 spiro atoms. The molecule has 1 heterocycles. The normalized spacial score (nSPS) is 12.1. The molecule has 5 nitrogen and oxygen atoms in total. The SMILES string of the molecule is Cc1cccc(C(C(=O)NCCOc2cccc3cccnc23)N(C)C)c1. The quantitative estimate of drug-likeness (QED) is 0.654. The van der Waals surface area contributed by atoms with E-state index in [1.165, 1.54) is 0 Å². The first kappa shape index (κ1) is 18.9. The topological polar surface area (TPSA) is 54.5 Å². The minimum atomic E-state index is -0.330. The molecule has 0 aliphatic heterocycles. The van der Waals surface area contributed by atoms with E-state index in [-0.39, 0.29) is 11.9 Å². The molecule has 5 heteroatoms. The molecular formula is C22H25N3O2. The van der Waals surface area contributed by atoms with Crippen molar-refractivity contribution in [3.8, 4) is 5.75 Å². The second kappa shape index (κ2) is 8.64. The van der Waals surface area contributed by atoms with Crippen molar-refractivity contribution in [1.82, 2.24) is 15.2 Å². The van der Waals surface area contributed by atoms with Gasteiger partial charge in [-0.3, -0.25) is 14.7 Å². The fourth-order valence-corrected chi connectivity index (χ4v) is 3.15. The van der Waals surface area contributed by atoms with E-state index in [4.69, 9.17) is 4.74 Å². The van der Waals surface area contributed by atoms with Crippen LogP contribution in [-0.4, -0.2) is 43.0 Å². The van der Waals surface area contributed by atoms with E-state index in [1.807, 2.05) is 80.5 Å². The van der Waals surface area contributed by atoms with E-state index in [0.29, 0.717) is 13.2 Å². The molecule has 0 aliphatic carbocycles. The van der Waals surface area contributed by atoms with Crippen molar-refractivity contribution >= 4 is 16.8 Å². The molecule has 1 unspecified atom stereocenters. The minimum Gasteiger partial charge on any atom is -0.489 e. The summed E-state index contributed by atoms with van der Waals surface area (Å²) in [7, 11) is 3.82. The first-order valence-electron chi connectivity index (χ1n) is 9.03. The summed E-state index contributed by atoms with van der Waals surface area (Å²) in [4.78, 5) is 19.0. The maximum atomic E-state index is 12.7. The maximum absolute atomic E-state index is 12.7. The molecule has 140 valence electrons. The van der Waals surface area contributed by atoms with E-state index in [0.717, 1.165) is 27.8 Å². The van der Waals surface area contributed by atoms with Gasteiger partial charge in [-0.15, -0.1) is 0 Å². The Morgan fingerprint density at radius 3 is 2.70 bits per heavy atom. The number of hydrogen-bond donors (Lipinski definition) is 1. The zero-order chi connectivity index (χ0) is 19.2. The Morgan fingerprint density at radius 1 is 1.15 bits per heavy atom. The number of rotatable bonds is 7. The number of nitrogens with zero attached hydrogens (tertiary/aromatic N) is 2. The van der Waals surface area contributed by atoms with Gasteiger partial charge in [0.05, 0.1) is 6.54 Å². The largest absolute Gasteiger partial charge is 0.489 e. The lowest BCUT2D eigenvalue weighted by Crippen LogP contribution is -2.38. The average Bonchev–Trinajstić information content (AvgIpc) is 2.65. The van der Waals surface area contributed by atoms with Crippen LogP contribution in [0.3, 0.4) is 0 Å². The van der Waals surface area contributed by atoms with Crippen LogP contribution in [0.2, 0.25) is 0 Å². The summed E-state index contributed by atoms with van der Waals surface area (Å²) in [6.07, 6.45) is 1.75. The number of benzene rings is 2. The van der Waals surface area contributed by atoms with Crippen LogP contribution in [0.1, 0.15) is 17.2 Å². The van der Waals surface area contributed by atoms with Crippen molar-refractivity contribution in [3.05, 3.63) is 71.9 Å². The van der Waals surface area contributed by atoms with Gasteiger partial charge in [-0.2, -0.15) is 0 Å². The highest BCUT2D eigenvalue weighted by molar-refractivity contribution is 5.84. The third-order valence-corrected chi connectivity index (χ3v) is 4.38. The number of nitrogens with one attached hydrogen (secondary N) is 1. The Kier molecular flexibility index (Phi) is 6.04. The molecule has 0 fully saturated rings. The Labute approximate surface area is 160 Å². The lowest BCUT2D eigenvalue weighted by molar-refractivity contribution is -0.125. The second-order valence-corrected chi connectivity index (χ2v) is 6.75. The van der Waals surface area contributed by atoms with Crippen LogP contribution in [0.15, 0.2) is 60.8 Å². The Morgan fingerprint density at radius 2 is 1.93 bits per heavy atom. The zero-order valence-electron chi connectivity index (χ0n) is 16.0. The molecule has 27 heavy (non-hydrogen) atoms. The van der Waals surface area contributed by atoms with Crippen LogP contribution in [-0.2, 0) is 4.79 Å². The Bertz CT molecular complexity index is 919. The highest BCUT2D eigenvalue weighted by Gasteiger charge is 2.22. The molecule has 3 aromatic rings. The molecule has 0 radical (unpaired) electrons. The van der Waals surface area contributed by atoms with Crippen LogP contribution in [0.4, 0.5) is 0 Å². The van der Waals surface area contributed by atoms with Crippen LogP contribution < -0.4 is 10.1 Å². The second-order valence-electron chi connectivity index (χ2n) is 6.75. The van der Waals surface area contributed by atoms with Crippen molar-refractivity contribution in [2.45, 2.75) is 13.0 Å². The Balaban J connectivity index is 1.59. The summed E-state index contributed by atoms with van der Waals surface area (Å²) in [6.45, 7) is 2.84. The van der Waals surface area contributed by atoms with Crippen molar-refractivity contribution in [1.29, 1.82) is 0 Å². The number of ether oxygens (including phenoxy) is 1. The number of amides is 1. The predicted octanol–water partition coefficient (Wildman–Crippen LogP) is 3.34. The van der Waals surface area contributed by atoms with Crippen LogP contribution in [0, 0.1) is 6.92 Å². The van der Waals surface area contributed by atoms with Crippen LogP contribution in [0.25, 0.3) is 10.9 Å². The van der Waals surface area contributed by atoms with Gasteiger partial charge in [-0.1, -0.05) is 48.0 Å². The maximum Gasteiger partial charge on any atom is 0.242 e. The molecule has 3 rings (SSSR count). The fourth-order valence-electron chi connectivity index (χ4n) is 3.15. The van der Waals surface area contributed by atoms with E-state index < -0.39 is 0 Å². The molecule has 2 aromatic carbocycles. The van der Waals surface area contributed by atoms with Gasteiger partial charge >= 0.3 is 0 Å². The minimum absolute atomic E-state index is 0.0368. The van der Waals surface area contributed by atoms with E-state index in [9.17, 15) is 4.79 Å². The van der Waals surface area contributed by atoms with Gasteiger partial charge in [0.1, 0.15) is 23.9 Å². The molecule has 0 saturated heterocycles. The summed E-state index contributed by atoms with van der Waals surface area (Å²) >= 11 is 0. The number of aromatic nitrogens is 1. The number of fused-ring (bicyclic) bond motifs is 1. The number of hydrogen-bond acceptors (Lipinski definition) is 4. The summed E-state index contributed by atoms with van der Waals surface area (Å²) in [5.74, 6) is 0.690. The number of para-hydroxylation sites is 1. The van der Waals surface area contributed by atoms with Gasteiger partial charge in [-0.05, 0) is 38.7 Å². The van der Waals surface area contributed by atoms with Crippen molar-refractivity contribution in [3.63, 3.8) is 0 Å². The number of carbonyl (C=O) groups is 1. The lowest BCUT2D eigenvalue weighted by atomic mass is 10.0. The third-order valence-electron chi connectivity index (χ3n) is 4.38. The lowest BCUT2D eigenvalue weighted by Gasteiger charge is -2.24. The van der Waals surface area contributed by atoms with E-state index in [1.54, 1.807) is 6.20 Å². The van der Waals surface area contributed by atoms with Gasteiger partial charge in [-0.25, -0.2) is 0 Å². The first-order chi connectivity index (χ1) is 13.1. The summed E-state index contributed by atoms with van der Waals surface area (Å²) in [5, 5.41) is 4.01. The number of pyridine rings is 1. The smallest absolute Gasteiger partial charge is 0.242 e. The third kappa shape index (κ3) is 4.63. The van der Waals surface area contributed by atoms with Gasteiger partial charge in [0, 0.05) is 11.6 Å². The summed E-state index contributed by atoms with van der Waals surface area (Å²) < 4.78 is 5.84. The zero-order valence-corrected chi connectivity index (χ0v) is 16.0. The van der Waals surface area contributed by atoms with Gasteiger partial charge in [0.25, 0.3) is 0 Å². The van der Waals surface area contributed by atoms with Crippen molar-refractivity contribution in [2.24, 2.45) is 0 Å². The van der Waals surface area contributed by atoms with E-state index in [2.05, 4.69) is 10.3 Å². The Hall–Kier alpha value is -2.92. The van der Waals surface area contributed by atoms with Gasteiger partial charge < -0.3 is 10.1 Å². The number of aryl methyl sites for hydroxylation is 1. The van der Waals surface area contributed by atoms with Crippen LogP contribution in [0.5, 0.6) is 5.75 Å². The number of carbonyl (C=O) groups excluding carboxylic acids is 1. The molecule has 1 aromatic heterocycles. The summed E-state index contributed by atoms with van der Waals surface area (Å²) in [6, 6.07) is 17.4. The molecular weight excluding hydrogens is 338 g/mol. The van der Waals surface area contributed by atoms with E-state index >= 15 is 0 Å². The molecule has 1 amide bonds. The predicted molar refractivity (Wildman–Crippen MR) is 108 cm³/mol. The highest BCUT2D eigenvalue weighted by Crippen LogP contribution is 2.23. The van der Waals surface area contributed by atoms with Gasteiger partial charge in [0.2, 0.25) is 5.91 Å². The molecule has 1 N–H and O–H groups in total.